The van der Waals surface area contributed by atoms with Crippen LogP contribution in [0.15, 0.2) is 65.8 Å². The van der Waals surface area contributed by atoms with Gasteiger partial charge >= 0.3 is 6.03 Å². The third-order valence-corrected chi connectivity index (χ3v) is 7.70. The number of urea groups is 1. The fourth-order valence-corrected chi connectivity index (χ4v) is 5.66. The Labute approximate surface area is 217 Å². The van der Waals surface area contributed by atoms with Crippen LogP contribution in [0.3, 0.4) is 0 Å². The topological polar surface area (TPSA) is 71.9 Å². The van der Waals surface area contributed by atoms with Crippen molar-refractivity contribution in [2.75, 3.05) is 45.2 Å². The first-order valence-corrected chi connectivity index (χ1v) is 12.9. The van der Waals surface area contributed by atoms with Gasteiger partial charge in [-0.25, -0.2) is 9.79 Å². The van der Waals surface area contributed by atoms with Gasteiger partial charge in [-0.15, -0.1) is 0 Å². The zero-order valence-electron chi connectivity index (χ0n) is 21.3. The summed E-state index contributed by atoms with van der Waals surface area (Å²) in [5.74, 6) is 1.21. The minimum absolute atomic E-state index is 0.191. The minimum atomic E-state index is -0.596. The Balaban J connectivity index is 1.33. The lowest BCUT2D eigenvalue weighted by molar-refractivity contribution is -0.136. The van der Waals surface area contributed by atoms with Crippen LogP contribution in [0.2, 0.25) is 0 Å². The molecule has 0 aromatic heterocycles. The van der Waals surface area contributed by atoms with Crippen LogP contribution in [-0.4, -0.2) is 90.0 Å². The van der Waals surface area contributed by atoms with Gasteiger partial charge in [0.1, 0.15) is 5.75 Å². The number of fused-ring (bicyclic) bond motifs is 3. The monoisotopic (exact) mass is 500 g/mol. The molecule has 4 aliphatic heterocycles. The summed E-state index contributed by atoms with van der Waals surface area (Å²) in [4.78, 5) is 41.4. The first-order chi connectivity index (χ1) is 18.1. The number of piperidine rings is 1. The SMILES string of the molecule is COc1ccc(N2C(c3ccccc3)=CN3C2=NC2C3C(=O)N(CCN3CCCCC3)C(=O)N2C)cc1. The number of carbonyl (C=O) groups is 2. The van der Waals surface area contributed by atoms with Crippen molar-refractivity contribution < 1.29 is 14.3 Å². The van der Waals surface area contributed by atoms with E-state index in [0.717, 1.165) is 35.8 Å². The highest BCUT2D eigenvalue weighted by Crippen LogP contribution is 2.40. The smallest absolute Gasteiger partial charge is 0.328 e. The van der Waals surface area contributed by atoms with E-state index in [9.17, 15) is 9.59 Å². The van der Waals surface area contributed by atoms with Gasteiger partial charge in [0, 0.05) is 37.6 Å². The van der Waals surface area contributed by atoms with Gasteiger partial charge in [0.15, 0.2) is 12.2 Å². The van der Waals surface area contributed by atoms with Crippen LogP contribution in [-0.2, 0) is 4.79 Å². The molecule has 2 aromatic carbocycles. The molecule has 2 fully saturated rings. The lowest BCUT2D eigenvalue weighted by atomic mass is 10.1. The van der Waals surface area contributed by atoms with Gasteiger partial charge < -0.3 is 14.5 Å². The van der Waals surface area contributed by atoms with Gasteiger partial charge in [-0.1, -0.05) is 36.8 Å². The number of aliphatic imine (C=N–C) groups is 1. The number of methoxy groups -OCH3 is 1. The number of imide groups is 1. The normalized spacial score (nSPS) is 23.7. The molecule has 192 valence electrons. The summed E-state index contributed by atoms with van der Waals surface area (Å²) in [5.41, 5.74) is 2.84. The second kappa shape index (κ2) is 9.55. The lowest BCUT2D eigenvalue weighted by Gasteiger charge is -2.40. The summed E-state index contributed by atoms with van der Waals surface area (Å²) < 4.78 is 5.35. The molecule has 2 unspecified atom stereocenters. The van der Waals surface area contributed by atoms with E-state index in [0.29, 0.717) is 19.0 Å². The number of rotatable bonds is 6. The molecule has 6 rings (SSSR count). The number of amides is 3. The molecule has 2 atom stereocenters. The maximum atomic E-state index is 13.8. The molecular formula is C28H32N6O3. The standard InChI is InChI=1S/C28H32N6O3/c1-30-25-24(26(35)32(28(30)36)18-17-31-15-7-4-8-16-31)33-19-23(20-9-5-3-6-10-20)34(27(33)29-25)21-11-13-22(37-2)14-12-21/h3,5-6,9-14,19,24-25H,4,7-8,15-18H2,1-2H3. The molecular weight excluding hydrogens is 468 g/mol. The maximum absolute atomic E-state index is 13.8. The highest BCUT2D eigenvalue weighted by atomic mass is 16.5. The number of hydrogen-bond acceptors (Lipinski definition) is 7. The summed E-state index contributed by atoms with van der Waals surface area (Å²) in [7, 11) is 3.38. The van der Waals surface area contributed by atoms with E-state index in [-0.39, 0.29) is 11.9 Å². The number of nitrogens with zero attached hydrogens (tertiary/aromatic N) is 6. The van der Waals surface area contributed by atoms with E-state index in [2.05, 4.69) is 9.80 Å². The van der Waals surface area contributed by atoms with Crippen LogP contribution < -0.4 is 9.64 Å². The largest absolute Gasteiger partial charge is 0.497 e. The Bertz CT molecular complexity index is 1240. The molecule has 9 heteroatoms. The first-order valence-electron chi connectivity index (χ1n) is 12.9. The number of anilines is 1. The van der Waals surface area contributed by atoms with Crippen LogP contribution in [0.5, 0.6) is 5.75 Å². The van der Waals surface area contributed by atoms with Crippen molar-refractivity contribution in [3.8, 4) is 5.75 Å². The number of likely N-dealkylation sites (N-methyl/N-ethyl adjacent to an activating group) is 1. The number of ether oxygens (including phenoxy) is 1. The van der Waals surface area contributed by atoms with Gasteiger partial charge in [-0.05, 0) is 50.2 Å². The molecule has 0 bridgehead atoms. The van der Waals surface area contributed by atoms with E-state index >= 15 is 0 Å². The molecule has 2 aromatic rings. The maximum Gasteiger partial charge on any atom is 0.328 e. The molecule has 4 heterocycles. The number of carbonyl (C=O) groups excluding carboxylic acids is 2. The molecule has 0 saturated carbocycles. The Hall–Kier alpha value is -3.85. The minimum Gasteiger partial charge on any atom is -0.497 e. The third-order valence-electron chi connectivity index (χ3n) is 7.70. The van der Waals surface area contributed by atoms with Crippen LogP contribution in [0.4, 0.5) is 10.5 Å². The number of benzene rings is 2. The van der Waals surface area contributed by atoms with Gasteiger partial charge in [-0.2, -0.15) is 0 Å². The van der Waals surface area contributed by atoms with Crippen LogP contribution in [0.25, 0.3) is 5.70 Å². The molecule has 0 aliphatic carbocycles. The van der Waals surface area contributed by atoms with E-state index in [1.165, 1.54) is 24.2 Å². The van der Waals surface area contributed by atoms with Crippen molar-refractivity contribution in [1.29, 1.82) is 0 Å². The highest BCUT2D eigenvalue weighted by molar-refractivity contribution is 6.16. The molecule has 9 nitrogen and oxygen atoms in total. The first kappa shape index (κ1) is 23.5. The second-order valence-corrected chi connectivity index (χ2v) is 9.89. The van der Waals surface area contributed by atoms with Crippen LogP contribution in [0.1, 0.15) is 24.8 Å². The number of likely N-dealkylation sites (tertiary alicyclic amines) is 1. The van der Waals surface area contributed by atoms with E-state index in [4.69, 9.17) is 9.73 Å². The van der Waals surface area contributed by atoms with Crippen molar-refractivity contribution in [2.24, 2.45) is 4.99 Å². The summed E-state index contributed by atoms with van der Waals surface area (Å²) in [5, 5.41) is 0. The van der Waals surface area contributed by atoms with E-state index in [1.807, 2.05) is 65.7 Å². The van der Waals surface area contributed by atoms with Crippen molar-refractivity contribution in [1.82, 2.24) is 19.6 Å². The zero-order chi connectivity index (χ0) is 25.5. The zero-order valence-corrected chi connectivity index (χ0v) is 21.3. The predicted octanol–water partition coefficient (Wildman–Crippen LogP) is 3.26. The molecule has 0 spiro atoms. The average molecular weight is 501 g/mol. The Kier molecular flexibility index (Phi) is 6.08. The van der Waals surface area contributed by atoms with E-state index in [1.54, 1.807) is 19.1 Å². The molecule has 3 amide bonds. The Morgan fingerprint density at radius 1 is 0.946 bits per heavy atom. The summed E-state index contributed by atoms with van der Waals surface area (Å²) in [6, 6.07) is 17.0. The van der Waals surface area contributed by atoms with Crippen LogP contribution >= 0.6 is 0 Å². The van der Waals surface area contributed by atoms with Crippen molar-refractivity contribution in [3.63, 3.8) is 0 Å². The predicted molar refractivity (Wildman–Crippen MR) is 142 cm³/mol. The molecule has 0 N–H and O–H groups in total. The van der Waals surface area contributed by atoms with Gasteiger partial charge in [-0.3, -0.25) is 19.5 Å². The second-order valence-electron chi connectivity index (χ2n) is 9.89. The Morgan fingerprint density at radius 2 is 1.68 bits per heavy atom. The lowest BCUT2D eigenvalue weighted by Crippen LogP contribution is -2.65. The quantitative estimate of drug-likeness (QED) is 0.607. The molecule has 4 aliphatic rings. The summed E-state index contributed by atoms with van der Waals surface area (Å²) in [6.07, 6.45) is 5.02. The molecule has 37 heavy (non-hydrogen) atoms. The Morgan fingerprint density at radius 3 is 2.38 bits per heavy atom. The van der Waals surface area contributed by atoms with E-state index < -0.39 is 12.2 Å². The van der Waals surface area contributed by atoms with Crippen molar-refractivity contribution in [3.05, 3.63) is 66.4 Å². The average Bonchev–Trinajstić information content (AvgIpc) is 3.50. The van der Waals surface area contributed by atoms with Crippen molar-refractivity contribution >= 4 is 29.3 Å². The van der Waals surface area contributed by atoms with Crippen LogP contribution in [0, 0.1) is 0 Å². The van der Waals surface area contributed by atoms with Gasteiger partial charge in [0.2, 0.25) is 5.96 Å². The number of hydrogen-bond donors (Lipinski definition) is 0. The van der Waals surface area contributed by atoms with Gasteiger partial charge in [0.05, 0.1) is 12.8 Å². The summed E-state index contributed by atoms with van der Waals surface area (Å²) >= 11 is 0. The third kappa shape index (κ3) is 4.03. The molecule has 0 radical (unpaired) electrons. The summed E-state index contributed by atoms with van der Waals surface area (Å²) in [6.45, 7) is 3.15. The highest BCUT2D eigenvalue weighted by Gasteiger charge is 2.54. The molecule has 2 saturated heterocycles. The number of guanidine groups is 1. The van der Waals surface area contributed by atoms with Crippen molar-refractivity contribution in [2.45, 2.75) is 31.5 Å². The fraction of sp³-hybridized carbons (Fsp3) is 0.393. The van der Waals surface area contributed by atoms with Gasteiger partial charge in [0.25, 0.3) is 5.91 Å². The fourth-order valence-electron chi connectivity index (χ4n) is 5.66.